The SMILES string of the molecule is CC(C)Cc1ccc(/C=C(/CO)C2CCCCC2)cc1. The van der Waals surface area contributed by atoms with Gasteiger partial charge < -0.3 is 5.11 Å². The molecule has 0 heterocycles. The Morgan fingerprint density at radius 3 is 2.35 bits per heavy atom. The highest BCUT2D eigenvalue weighted by Crippen LogP contribution is 2.30. The zero-order chi connectivity index (χ0) is 14.4. The van der Waals surface area contributed by atoms with Crippen molar-refractivity contribution in [2.75, 3.05) is 6.61 Å². The third kappa shape index (κ3) is 4.49. The maximum atomic E-state index is 9.64. The first-order chi connectivity index (χ1) is 9.69. The number of hydrogen-bond donors (Lipinski definition) is 1. The molecule has 0 spiro atoms. The summed E-state index contributed by atoms with van der Waals surface area (Å²) >= 11 is 0. The van der Waals surface area contributed by atoms with Gasteiger partial charge in [0.25, 0.3) is 0 Å². The van der Waals surface area contributed by atoms with Gasteiger partial charge in [0.2, 0.25) is 0 Å². The predicted molar refractivity (Wildman–Crippen MR) is 86.6 cm³/mol. The monoisotopic (exact) mass is 272 g/mol. The van der Waals surface area contributed by atoms with Crippen LogP contribution in [0.5, 0.6) is 0 Å². The van der Waals surface area contributed by atoms with Crippen LogP contribution in [0.15, 0.2) is 29.8 Å². The van der Waals surface area contributed by atoms with Gasteiger partial charge in [0, 0.05) is 0 Å². The fourth-order valence-electron chi connectivity index (χ4n) is 3.20. The smallest absolute Gasteiger partial charge is 0.0647 e. The Balaban J connectivity index is 2.06. The molecule has 0 aromatic heterocycles. The molecule has 1 fully saturated rings. The van der Waals surface area contributed by atoms with Crippen LogP contribution in [0, 0.1) is 11.8 Å². The first-order valence-electron chi connectivity index (χ1n) is 8.09. The van der Waals surface area contributed by atoms with E-state index in [2.05, 4.69) is 44.2 Å². The van der Waals surface area contributed by atoms with Crippen LogP contribution in [0.25, 0.3) is 6.08 Å². The van der Waals surface area contributed by atoms with Crippen LogP contribution in [0.1, 0.15) is 57.1 Å². The standard InChI is InChI=1S/C19H28O/c1-15(2)12-16-8-10-17(11-9-16)13-19(14-20)18-6-4-3-5-7-18/h8-11,13,15,18,20H,3-7,12,14H2,1-2H3/b19-13-. The molecule has 0 radical (unpaired) electrons. The minimum Gasteiger partial charge on any atom is -0.392 e. The van der Waals surface area contributed by atoms with Gasteiger partial charge in [0.05, 0.1) is 6.61 Å². The van der Waals surface area contributed by atoms with Crippen molar-refractivity contribution in [1.29, 1.82) is 0 Å². The van der Waals surface area contributed by atoms with Crippen LogP contribution in [0.3, 0.4) is 0 Å². The molecule has 1 N–H and O–H groups in total. The molecule has 0 amide bonds. The van der Waals surface area contributed by atoms with E-state index in [1.807, 2.05) is 0 Å². The van der Waals surface area contributed by atoms with E-state index >= 15 is 0 Å². The molecule has 0 bridgehead atoms. The Kier molecular flexibility index (Phi) is 5.85. The zero-order valence-electron chi connectivity index (χ0n) is 12.9. The van der Waals surface area contributed by atoms with Crippen LogP contribution in [-0.4, -0.2) is 11.7 Å². The summed E-state index contributed by atoms with van der Waals surface area (Å²) in [7, 11) is 0. The molecule has 0 unspecified atom stereocenters. The third-order valence-electron chi connectivity index (χ3n) is 4.29. The second-order valence-electron chi connectivity index (χ2n) is 6.55. The zero-order valence-corrected chi connectivity index (χ0v) is 12.9. The molecule has 20 heavy (non-hydrogen) atoms. The highest BCUT2D eigenvalue weighted by molar-refractivity contribution is 5.54. The fraction of sp³-hybridized carbons (Fsp3) is 0.579. The lowest BCUT2D eigenvalue weighted by Crippen LogP contribution is -2.11. The van der Waals surface area contributed by atoms with E-state index < -0.39 is 0 Å². The number of benzene rings is 1. The summed E-state index contributed by atoms with van der Waals surface area (Å²) in [5.74, 6) is 1.30. The van der Waals surface area contributed by atoms with Crippen molar-refractivity contribution < 1.29 is 5.11 Å². The summed E-state index contributed by atoms with van der Waals surface area (Å²) in [5, 5.41) is 9.64. The molecule has 1 aliphatic rings. The van der Waals surface area contributed by atoms with E-state index in [1.54, 1.807) is 0 Å². The lowest BCUT2D eigenvalue weighted by molar-refractivity contribution is 0.295. The molecular weight excluding hydrogens is 244 g/mol. The highest BCUT2D eigenvalue weighted by atomic mass is 16.3. The first-order valence-corrected chi connectivity index (χ1v) is 8.09. The van der Waals surface area contributed by atoms with E-state index in [1.165, 1.54) is 48.8 Å². The van der Waals surface area contributed by atoms with E-state index in [9.17, 15) is 5.11 Å². The van der Waals surface area contributed by atoms with Gasteiger partial charge in [0.1, 0.15) is 0 Å². The minimum atomic E-state index is 0.207. The molecule has 1 heteroatoms. The quantitative estimate of drug-likeness (QED) is 0.813. The molecule has 1 aliphatic carbocycles. The molecule has 0 aliphatic heterocycles. The van der Waals surface area contributed by atoms with E-state index in [4.69, 9.17) is 0 Å². The van der Waals surface area contributed by atoms with Gasteiger partial charge in [-0.3, -0.25) is 0 Å². The molecule has 1 aromatic carbocycles. The normalized spacial score (nSPS) is 17.7. The molecule has 0 saturated heterocycles. The van der Waals surface area contributed by atoms with Crippen LogP contribution in [0.2, 0.25) is 0 Å². The van der Waals surface area contributed by atoms with Crippen molar-refractivity contribution in [3.05, 3.63) is 41.0 Å². The summed E-state index contributed by atoms with van der Waals surface area (Å²) in [5.41, 5.74) is 3.86. The van der Waals surface area contributed by atoms with Gasteiger partial charge in [-0.15, -0.1) is 0 Å². The number of rotatable bonds is 5. The number of aliphatic hydroxyl groups is 1. The summed E-state index contributed by atoms with van der Waals surface area (Å²) in [6, 6.07) is 8.83. The van der Waals surface area contributed by atoms with Crippen LogP contribution < -0.4 is 0 Å². The Morgan fingerprint density at radius 1 is 1.15 bits per heavy atom. The summed E-state index contributed by atoms with van der Waals surface area (Å²) in [6.45, 7) is 4.71. The second kappa shape index (κ2) is 7.64. The number of aliphatic hydroxyl groups excluding tert-OH is 1. The maximum absolute atomic E-state index is 9.64. The molecule has 1 aromatic rings. The molecule has 0 atom stereocenters. The van der Waals surface area contributed by atoms with Crippen molar-refractivity contribution in [2.24, 2.45) is 11.8 Å². The van der Waals surface area contributed by atoms with Gasteiger partial charge in [-0.05, 0) is 47.8 Å². The van der Waals surface area contributed by atoms with Gasteiger partial charge in [-0.2, -0.15) is 0 Å². The summed E-state index contributed by atoms with van der Waals surface area (Å²) < 4.78 is 0. The Morgan fingerprint density at radius 2 is 1.80 bits per heavy atom. The van der Waals surface area contributed by atoms with E-state index in [0.717, 1.165) is 6.42 Å². The molecular formula is C19H28O. The third-order valence-corrected chi connectivity index (χ3v) is 4.29. The summed E-state index contributed by atoms with van der Waals surface area (Å²) in [4.78, 5) is 0. The second-order valence-corrected chi connectivity index (χ2v) is 6.55. The number of hydrogen-bond acceptors (Lipinski definition) is 1. The van der Waals surface area contributed by atoms with Crippen LogP contribution in [-0.2, 0) is 6.42 Å². The van der Waals surface area contributed by atoms with Gasteiger partial charge in [0.15, 0.2) is 0 Å². The molecule has 1 saturated carbocycles. The van der Waals surface area contributed by atoms with Crippen LogP contribution >= 0.6 is 0 Å². The van der Waals surface area contributed by atoms with E-state index in [-0.39, 0.29) is 6.61 Å². The van der Waals surface area contributed by atoms with Crippen molar-refractivity contribution in [1.82, 2.24) is 0 Å². The fourth-order valence-corrected chi connectivity index (χ4v) is 3.20. The van der Waals surface area contributed by atoms with Gasteiger partial charge in [-0.25, -0.2) is 0 Å². The van der Waals surface area contributed by atoms with Crippen LogP contribution in [0.4, 0.5) is 0 Å². The van der Waals surface area contributed by atoms with E-state index in [0.29, 0.717) is 11.8 Å². The lowest BCUT2D eigenvalue weighted by atomic mass is 9.83. The van der Waals surface area contributed by atoms with Crippen molar-refractivity contribution in [3.8, 4) is 0 Å². The Labute approximate surface area is 123 Å². The lowest BCUT2D eigenvalue weighted by Gasteiger charge is -2.23. The highest BCUT2D eigenvalue weighted by Gasteiger charge is 2.17. The van der Waals surface area contributed by atoms with Crippen molar-refractivity contribution in [3.63, 3.8) is 0 Å². The summed E-state index contributed by atoms with van der Waals surface area (Å²) in [6.07, 6.45) is 9.83. The minimum absolute atomic E-state index is 0.207. The topological polar surface area (TPSA) is 20.2 Å². The van der Waals surface area contributed by atoms with Gasteiger partial charge in [-0.1, -0.05) is 63.5 Å². The largest absolute Gasteiger partial charge is 0.392 e. The Bertz CT molecular complexity index is 422. The molecule has 1 nitrogen and oxygen atoms in total. The van der Waals surface area contributed by atoms with Crippen molar-refractivity contribution in [2.45, 2.75) is 52.4 Å². The first kappa shape index (κ1) is 15.3. The predicted octanol–water partition coefficient (Wildman–Crippen LogP) is 4.84. The Hall–Kier alpha value is -1.08. The average molecular weight is 272 g/mol. The molecule has 110 valence electrons. The molecule has 2 rings (SSSR count). The average Bonchev–Trinajstić information content (AvgIpc) is 2.47. The van der Waals surface area contributed by atoms with Crippen molar-refractivity contribution >= 4 is 6.08 Å². The van der Waals surface area contributed by atoms with Gasteiger partial charge >= 0.3 is 0 Å². The maximum Gasteiger partial charge on any atom is 0.0647 e.